The number of alkyl halides is 3. The van der Waals surface area contributed by atoms with Crippen molar-refractivity contribution in [1.82, 2.24) is 9.80 Å². The molecule has 4 nitrogen and oxygen atoms in total. The highest BCUT2D eigenvalue weighted by molar-refractivity contribution is 5.94. The first-order chi connectivity index (χ1) is 12.1. The van der Waals surface area contributed by atoms with Gasteiger partial charge in [0.2, 0.25) is 0 Å². The normalized spacial score (nSPS) is 24.4. The molecule has 26 heavy (non-hydrogen) atoms. The molecule has 1 aromatic rings. The monoisotopic (exact) mass is 370 g/mol. The third-order valence-corrected chi connectivity index (χ3v) is 5.43. The van der Waals surface area contributed by atoms with Crippen molar-refractivity contribution in [2.75, 3.05) is 26.2 Å². The summed E-state index contributed by atoms with van der Waals surface area (Å²) in [4.78, 5) is 16.9. The zero-order chi connectivity index (χ0) is 19.1. The lowest BCUT2D eigenvalue weighted by Crippen LogP contribution is -2.54. The minimum atomic E-state index is -4.77. The van der Waals surface area contributed by atoms with E-state index >= 15 is 0 Å². The second-order valence-corrected chi connectivity index (χ2v) is 7.70. The van der Waals surface area contributed by atoms with E-state index < -0.39 is 11.8 Å². The third-order valence-electron chi connectivity index (χ3n) is 5.43. The van der Waals surface area contributed by atoms with Crippen LogP contribution in [0.5, 0.6) is 0 Å². The molecule has 1 saturated carbocycles. The van der Waals surface area contributed by atoms with Gasteiger partial charge in [-0.3, -0.25) is 9.69 Å². The highest BCUT2D eigenvalue weighted by atomic mass is 19.4. The van der Waals surface area contributed by atoms with Gasteiger partial charge in [0.05, 0.1) is 0 Å². The average molecular weight is 370 g/mol. The van der Waals surface area contributed by atoms with Gasteiger partial charge in [-0.1, -0.05) is 12.1 Å². The lowest BCUT2D eigenvalue weighted by atomic mass is 9.94. The van der Waals surface area contributed by atoms with Crippen molar-refractivity contribution >= 4 is 5.91 Å². The molecule has 144 valence electrons. The van der Waals surface area contributed by atoms with Crippen LogP contribution in [-0.4, -0.2) is 59.2 Å². The zero-order valence-corrected chi connectivity index (χ0v) is 15.1. The van der Waals surface area contributed by atoms with Crippen molar-refractivity contribution in [3.63, 3.8) is 0 Å². The van der Waals surface area contributed by atoms with Crippen LogP contribution in [0.3, 0.4) is 0 Å². The highest BCUT2D eigenvalue weighted by Crippen LogP contribution is 2.38. The molecule has 3 rings (SSSR count). The number of rotatable bonds is 4. The average Bonchev–Trinajstić information content (AvgIpc) is 3.37. The Morgan fingerprint density at radius 1 is 1.19 bits per heavy atom. The second-order valence-electron chi connectivity index (χ2n) is 7.70. The van der Waals surface area contributed by atoms with Gasteiger partial charge in [0.1, 0.15) is 0 Å². The lowest BCUT2D eigenvalue weighted by Gasteiger charge is -2.40. The summed E-state index contributed by atoms with van der Waals surface area (Å²) in [5.41, 5.74) is -2.87. The van der Waals surface area contributed by atoms with Crippen LogP contribution in [0.1, 0.15) is 42.6 Å². The minimum Gasteiger partial charge on any atom is -0.376 e. The summed E-state index contributed by atoms with van der Waals surface area (Å²) in [5.74, 6) is 0.625. The van der Waals surface area contributed by atoms with Crippen LogP contribution in [0.2, 0.25) is 0 Å². The Balaban J connectivity index is 1.66. The summed E-state index contributed by atoms with van der Waals surface area (Å²) in [6, 6.07) is 5.14. The van der Waals surface area contributed by atoms with Gasteiger partial charge < -0.3 is 10.0 Å². The molecule has 1 aliphatic carbocycles. The zero-order valence-electron chi connectivity index (χ0n) is 15.1. The van der Waals surface area contributed by atoms with E-state index in [1.807, 2.05) is 6.92 Å². The number of hydrogen-bond acceptors (Lipinski definition) is 3. The first-order valence-electron chi connectivity index (χ1n) is 9.02. The van der Waals surface area contributed by atoms with Crippen LogP contribution in [0.15, 0.2) is 24.3 Å². The molecule has 0 aromatic heterocycles. The Labute approximate surface area is 151 Å². The Bertz CT molecular complexity index is 654. The molecule has 1 amide bonds. The Hall–Kier alpha value is -1.60. The van der Waals surface area contributed by atoms with Crippen molar-refractivity contribution < 1.29 is 23.1 Å². The molecule has 1 saturated heterocycles. The minimum absolute atomic E-state index is 0.0629. The van der Waals surface area contributed by atoms with Gasteiger partial charge in [0.15, 0.2) is 5.60 Å². The van der Waals surface area contributed by atoms with Gasteiger partial charge in [-0.2, -0.15) is 13.2 Å². The van der Waals surface area contributed by atoms with Gasteiger partial charge in [0.25, 0.3) is 5.91 Å². The van der Waals surface area contributed by atoms with Crippen molar-refractivity contribution in [1.29, 1.82) is 0 Å². The quantitative estimate of drug-likeness (QED) is 0.886. The predicted molar refractivity (Wildman–Crippen MR) is 91.7 cm³/mol. The number of piperazine rings is 1. The molecule has 2 aliphatic rings. The SMILES string of the molecule is C[C@@H]1CN(CC2CC2)CCN1C(=O)c1ccc([C@](C)(O)C(F)(F)F)cc1. The van der Waals surface area contributed by atoms with Crippen LogP contribution in [0, 0.1) is 5.92 Å². The molecule has 0 unspecified atom stereocenters. The largest absolute Gasteiger partial charge is 0.421 e. The Morgan fingerprint density at radius 2 is 1.81 bits per heavy atom. The Kier molecular flexibility index (Phi) is 5.05. The molecule has 0 spiro atoms. The number of aliphatic hydroxyl groups is 1. The highest BCUT2D eigenvalue weighted by Gasteiger charge is 2.51. The van der Waals surface area contributed by atoms with E-state index in [4.69, 9.17) is 0 Å². The van der Waals surface area contributed by atoms with E-state index in [9.17, 15) is 23.1 Å². The van der Waals surface area contributed by atoms with Crippen LogP contribution >= 0.6 is 0 Å². The van der Waals surface area contributed by atoms with Gasteiger partial charge in [0, 0.05) is 37.8 Å². The van der Waals surface area contributed by atoms with Crippen LogP contribution in [0.25, 0.3) is 0 Å². The van der Waals surface area contributed by atoms with Gasteiger partial charge in [-0.25, -0.2) is 0 Å². The second kappa shape index (κ2) is 6.85. The number of carbonyl (C=O) groups excluding carboxylic acids is 1. The fourth-order valence-electron chi connectivity index (χ4n) is 3.43. The third kappa shape index (κ3) is 3.88. The summed E-state index contributed by atoms with van der Waals surface area (Å²) in [5, 5.41) is 9.72. The molecular formula is C19H25F3N2O2. The molecule has 7 heteroatoms. The van der Waals surface area contributed by atoms with E-state index in [2.05, 4.69) is 4.90 Å². The number of benzene rings is 1. The number of halogens is 3. The molecule has 2 atom stereocenters. The van der Waals surface area contributed by atoms with Gasteiger partial charge in [-0.05, 0) is 50.3 Å². The van der Waals surface area contributed by atoms with Crippen LogP contribution in [0.4, 0.5) is 13.2 Å². The first-order valence-corrected chi connectivity index (χ1v) is 9.02. The van der Waals surface area contributed by atoms with Crippen molar-refractivity contribution in [3.05, 3.63) is 35.4 Å². The van der Waals surface area contributed by atoms with Crippen LogP contribution in [-0.2, 0) is 5.60 Å². The van der Waals surface area contributed by atoms with Gasteiger partial charge >= 0.3 is 6.18 Å². The number of amides is 1. The van der Waals surface area contributed by atoms with Crippen molar-refractivity contribution in [2.45, 2.75) is 44.5 Å². The predicted octanol–water partition coefficient (Wildman–Crippen LogP) is 3.01. The molecule has 0 radical (unpaired) electrons. The summed E-state index contributed by atoms with van der Waals surface area (Å²) >= 11 is 0. The summed E-state index contributed by atoms with van der Waals surface area (Å²) in [7, 11) is 0. The molecular weight excluding hydrogens is 345 g/mol. The number of hydrogen-bond donors (Lipinski definition) is 1. The molecule has 1 aliphatic heterocycles. The molecule has 2 fully saturated rings. The fourth-order valence-corrected chi connectivity index (χ4v) is 3.43. The van der Waals surface area contributed by atoms with Crippen molar-refractivity contribution in [3.8, 4) is 0 Å². The van der Waals surface area contributed by atoms with Crippen molar-refractivity contribution in [2.24, 2.45) is 5.92 Å². The van der Waals surface area contributed by atoms with E-state index in [0.29, 0.717) is 19.0 Å². The lowest BCUT2D eigenvalue weighted by molar-refractivity contribution is -0.258. The molecule has 1 heterocycles. The van der Waals surface area contributed by atoms with E-state index in [1.165, 1.54) is 37.1 Å². The maximum absolute atomic E-state index is 12.9. The molecule has 0 bridgehead atoms. The van der Waals surface area contributed by atoms with E-state index in [-0.39, 0.29) is 17.5 Å². The smallest absolute Gasteiger partial charge is 0.376 e. The van der Waals surface area contributed by atoms with E-state index in [0.717, 1.165) is 25.6 Å². The summed E-state index contributed by atoms with van der Waals surface area (Å²) in [6.07, 6.45) is -2.19. The summed E-state index contributed by atoms with van der Waals surface area (Å²) < 4.78 is 38.8. The van der Waals surface area contributed by atoms with Crippen LogP contribution < -0.4 is 0 Å². The topological polar surface area (TPSA) is 43.8 Å². The molecule has 1 aromatic carbocycles. The maximum Gasteiger partial charge on any atom is 0.421 e. The standard InChI is InChI=1S/C19H25F3N2O2/c1-13-11-23(12-14-3-4-14)9-10-24(13)17(25)15-5-7-16(8-6-15)18(2,26)19(20,21)22/h5-8,13-14,26H,3-4,9-12H2,1-2H3/t13-,18+/m1/s1. The van der Waals surface area contributed by atoms with Gasteiger partial charge in [-0.15, -0.1) is 0 Å². The van der Waals surface area contributed by atoms with E-state index in [1.54, 1.807) is 4.90 Å². The Morgan fingerprint density at radius 3 is 2.31 bits per heavy atom. The fraction of sp³-hybridized carbons (Fsp3) is 0.632. The first kappa shape index (κ1) is 19.2. The number of carbonyl (C=O) groups is 1. The maximum atomic E-state index is 12.9. The summed E-state index contributed by atoms with van der Waals surface area (Å²) in [6.45, 7) is 6.07. The molecule has 1 N–H and O–H groups in total. The number of nitrogens with zero attached hydrogens (tertiary/aromatic N) is 2.